The van der Waals surface area contributed by atoms with E-state index in [0.29, 0.717) is 12.4 Å². The Balaban J connectivity index is 1.92. The van der Waals surface area contributed by atoms with Gasteiger partial charge in [0.05, 0.1) is 12.4 Å². The van der Waals surface area contributed by atoms with Crippen LogP contribution in [0, 0.1) is 5.41 Å². The molecule has 0 spiro atoms. The van der Waals surface area contributed by atoms with Crippen molar-refractivity contribution in [2.24, 2.45) is 5.41 Å². The van der Waals surface area contributed by atoms with E-state index in [9.17, 15) is 4.79 Å². The monoisotopic (exact) mass is 237 g/mol. The Morgan fingerprint density at radius 1 is 1.65 bits per heavy atom. The summed E-state index contributed by atoms with van der Waals surface area (Å²) in [6.07, 6.45) is 2.60. The number of hydrogen-bond acceptors (Lipinski definition) is 3. The molecule has 0 unspecified atom stereocenters. The average Bonchev–Trinajstić information content (AvgIpc) is 2.81. The van der Waals surface area contributed by atoms with Crippen LogP contribution in [0.1, 0.15) is 37.7 Å². The summed E-state index contributed by atoms with van der Waals surface area (Å²) >= 11 is 0. The van der Waals surface area contributed by atoms with Crippen molar-refractivity contribution < 1.29 is 13.9 Å². The van der Waals surface area contributed by atoms with E-state index < -0.39 is 0 Å². The third kappa shape index (κ3) is 2.22. The second kappa shape index (κ2) is 4.53. The van der Waals surface area contributed by atoms with Crippen LogP contribution in [0.5, 0.6) is 0 Å². The molecule has 0 saturated heterocycles. The van der Waals surface area contributed by atoms with Crippen molar-refractivity contribution in [2.75, 3.05) is 6.61 Å². The lowest BCUT2D eigenvalue weighted by molar-refractivity contribution is -0.111. The molecule has 1 N–H and O–H groups in total. The zero-order chi connectivity index (χ0) is 12.5. The molecule has 1 heterocycles. The van der Waals surface area contributed by atoms with Crippen molar-refractivity contribution in [1.29, 1.82) is 0 Å². The van der Waals surface area contributed by atoms with Crippen LogP contribution in [-0.2, 0) is 4.74 Å². The molecule has 94 valence electrons. The molecule has 1 fully saturated rings. The Hall–Kier alpha value is -1.29. The molecule has 1 amide bonds. The Kier molecular flexibility index (Phi) is 3.24. The molecule has 17 heavy (non-hydrogen) atoms. The number of ether oxygens (including phenoxy) is 1. The van der Waals surface area contributed by atoms with E-state index in [4.69, 9.17) is 9.15 Å². The van der Waals surface area contributed by atoms with Crippen LogP contribution in [0.15, 0.2) is 22.8 Å². The first-order valence-corrected chi connectivity index (χ1v) is 6.01. The van der Waals surface area contributed by atoms with E-state index >= 15 is 0 Å². The van der Waals surface area contributed by atoms with Gasteiger partial charge in [0.2, 0.25) is 0 Å². The summed E-state index contributed by atoms with van der Waals surface area (Å²) in [5.41, 5.74) is -0.0156. The van der Waals surface area contributed by atoms with E-state index in [2.05, 4.69) is 19.2 Å². The summed E-state index contributed by atoms with van der Waals surface area (Å²) in [5, 5.41) is 2.98. The minimum absolute atomic E-state index is 0.0156. The molecule has 0 bridgehead atoms. The number of amides is 1. The minimum atomic E-state index is -0.150. The number of furan rings is 1. The third-order valence-electron chi connectivity index (χ3n) is 3.60. The van der Waals surface area contributed by atoms with Gasteiger partial charge in [0.1, 0.15) is 0 Å². The van der Waals surface area contributed by atoms with Gasteiger partial charge in [-0.2, -0.15) is 0 Å². The minimum Gasteiger partial charge on any atom is -0.459 e. The molecule has 0 radical (unpaired) electrons. The van der Waals surface area contributed by atoms with Crippen molar-refractivity contribution in [3.8, 4) is 0 Å². The van der Waals surface area contributed by atoms with Gasteiger partial charge in [-0.15, -0.1) is 0 Å². The summed E-state index contributed by atoms with van der Waals surface area (Å²) < 4.78 is 10.7. The predicted molar refractivity (Wildman–Crippen MR) is 63.8 cm³/mol. The van der Waals surface area contributed by atoms with Gasteiger partial charge in [0, 0.05) is 18.1 Å². The molecule has 1 saturated carbocycles. The van der Waals surface area contributed by atoms with Crippen LogP contribution < -0.4 is 5.32 Å². The first kappa shape index (κ1) is 12.2. The van der Waals surface area contributed by atoms with Gasteiger partial charge >= 0.3 is 0 Å². The summed E-state index contributed by atoms with van der Waals surface area (Å²) in [7, 11) is 0. The molecule has 2 rings (SSSR count). The van der Waals surface area contributed by atoms with Gasteiger partial charge in [-0.05, 0) is 25.5 Å². The van der Waals surface area contributed by atoms with Gasteiger partial charge in [0.25, 0.3) is 5.91 Å². The molecule has 1 aromatic rings. The molecule has 1 aliphatic carbocycles. The Morgan fingerprint density at radius 3 is 2.94 bits per heavy atom. The van der Waals surface area contributed by atoms with E-state index in [1.54, 1.807) is 12.1 Å². The number of carbonyl (C=O) groups is 1. The van der Waals surface area contributed by atoms with Crippen LogP contribution in [0.4, 0.5) is 0 Å². The molecule has 4 heteroatoms. The number of rotatable bonds is 4. The number of hydrogen-bond donors (Lipinski definition) is 1. The largest absolute Gasteiger partial charge is 0.459 e. The number of carbonyl (C=O) groups excluding carboxylic acids is 1. The highest BCUT2D eigenvalue weighted by Gasteiger charge is 2.49. The molecule has 2 atom stereocenters. The smallest absolute Gasteiger partial charge is 0.287 e. The maximum absolute atomic E-state index is 11.8. The van der Waals surface area contributed by atoms with E-state index in [1.807, 2.05) is 6.92 Å². The lowest BCUT2D eigenvalue weighted by Gasteiger charge is -2.51. The lowest BCUT2D eigenvalue weighted by Crippen LogP contribution is -2.62. The fourth-order valence-corrected chi connectivity index (χ4v) is 2.25. The van der Waals surface area contributed by atoms with Crippen LogP contribution in [0.2, 0.25) is 0 Å². The quantitative estimate of drug-likeness (QED) is 0.873. The molecular weight excluding hydrogens is 218 g/mol. The van der Waals surface area contributed by atoms with Crippen molar-refractivity contribution >= 4 is 5.91 Å². The van der Waals surface area contributed by atoms with Crippen molar-refractivity contribution in [1.82, 2.24) is 5.32 Å². The first-order chi connectivity index (χ1) is 8.05. The highest BCUT2D eigenvalue weighted by molar-refractivity contribution is 5.91. The first-order valence-electron chi connectivity index (χ1n) is 6.01. The lowest BCUT2D eigenvalue weighted by atomic mass is 9.64. The zero-order valence-electron chi connectivity index (χ0n) is 10.5. The van der Waals surface area contributed by atoms with Crippen LogP contribution in [-0.4, -0.2) is 24.7 Å². The van der Waals surface area contributed by atoms with Gasteiger partial charge in [0.15, 0.2) is 5.76 Å². The van der Waals surface area contributed by atoms with Crippen molar-refractivity contribution in [3.63, 3.8) is 0 Å². The molecule has 1 aromatic heterocycles. The average molecular weight is 237 g/mol. The SMILES string of the molecule is CCO[C@H]1C[C@@H](NC(=O)c2ccco2)C1(C)C. The fourth-order valence-electron chi connectivity index (χ4n) is 2.25. The topological polar surface area (TPSA) is 51.5 Å². The van der Waals surface area contributed by atoms with E-state index in [0.717, 1.165) is 6.42 Å². The standard InChI is InChI=1S/C13H19NO3/c1-4-16-11-8-10(13(11,2)3)14-12(15)9-6-5-7-17-9/h5-7,10-11H,4,8H2,1-3H3,(H,14,15)/t10-,11+/m1/s1. The van der Waals surface area contributed by atoms with E-state index in [-0.39, 0.29) is 23.5 Å². The summed E-state index contributed by atoms with van der Waals surface area (Å²) in [5.74, 6) is 0.212. The highest BCUT2D eigenvalue weighted by atomic mass is 16.5. The van der Waals surface area contributed by atoms with Gasteiger partial charge in [-0.1, -0.05) is 13.8 Å². The zero-order valence-corrected chi connectivity index (χ0v) is 10.5. The van der Waals surface area contributed by atoms with Crippen LogP contribution >= 0.6 is 0 Å². The highest BCUT2D eigenvalue weighted by Crippen LogP contribution is 2.42. The van der Waals surface area contributed by atoms with Gasteiger partial charge in [-0.3, -0.25) is 4.79 Å². The molecule has 0 aromatic carbocycles. The second-order valence-corrected chi connectivity index (χ2v) is 5.00. The summed E-state index contributed by atoms with van der Waals surface area (Å²) in [4.78, 5) is 11.8. The molecule has 1 aliphatic rings. The summed E-state index contributed by atoms with van der Waals surface area (Å²) in [6.45, 7) is 6.94. The van der Waals surface area contributed by atoms with Gasteiger partial charge in [-0.25, -0.2) is 0 Å². The van der Waals surface area contributed by atoms with Crippen LogP contribution in [0.3, 0.4) is 0 Å². The maximum atomic E-state index is 11.8. The number of nitrogens with one attached hydrogen (secondary N) is 1. The predicted octanol–water partition coefficient (Wildman–Crippen LogP) is 2.21. The third-order valence-corrected chi connectivity index (χ3v) is 3.60. The molecule has 4 nitrogen and oxygen atoms in total. The maximum Gasteiger partial charge on any atom is 0.287 e. The summed E-state index contributed by atoms with van der Waals surface area (Å²) in [6, 6.07) is 3.53. The Morgan fingerprint density at radius 2 is 2.41 bits per heavy atom. The molecular formula is C13H19NO3. The van der Waals surface area contributed by atoms with Crippen LogP contribution in [0.25, 0.3) is 0 Å². The fraction of sp³-hybridized carbons (Fsp3) is 0.615. The normalized spacial score (nSPS) is 26.3. The van der Waals surface area contributed by atoms with E-state index in [1.165, 1.54) is 6.26 Å². The van der Waals surface area contributed by atoms with Crippen molar-refractivity contribution in [3.05, 3.63) is 24.2 Å². The Bertz CT molecular complexity index is 383. The molecule has 0 aliphatic heterocycles. The van der Waals surface area contributed by atoms with Gasteiger partial charge < -0.3 is 14.5 Å². The van der Waals surface area contributed by atoms with Crippen molar-refractivity contribution in [2.45, 2.75) is 39.3 Å². The second-order valence-electron chi connectivity index (χ2n) is 5.00. The Labute approximate surface area is 101 Å².